The Kier molecular flexibility index (Phi) is 11.7. The number of hydrogen-bond donors (Lipinski definition) is 4. The Bertz CT molecular complexity index is 2930. The highest BCUT2D eigenvalue weighted by atomic mass is 19.1. The zero-order chi connectivity index (χ0) is 47.5. The molecule has 2 saturated heterocycles. The van der Waals surface area contributed by atoms with Crippen molar-refractivity contribution < 1.29 is 37.8 Å². The third-order valence-electron chi connectivity index (χ3n) is 13.9. The molecule has 0 aliphatic carbocycles. The van der Waals surface area contributed by atoms with Crippen LogP contribution in [0.25, 0.3) is 44.7 Å². The molecule has 2 fully saturated rings. The normalized spacial score (nSPS) is 19.5. The molecule has 4 N–H and O–H groups in total. The lowest BCUT2D eigenvalue weighted by Gasteiger charge is -2.31. The summed E-state index contributed by atoms with van der Waals surface area (Å²) in [5.74, 6) is 1.37. The molecule has 19 heteroatoms. The molecule has 5 atom stereocenters. The summed E-state index contributed by atoms with van der Waals surface area (Å²) in [6, 6.07) is 9.19. The third-order valence-corrected chi connectivity index (χ3v) is 13.9. The number of benzene rings is 2. The van der Waals surface area contributed by atoms with E-state index in [0.717, 1.165) is 72.3 Å². The van der Waals surface area contributed by atoms with Gasteiger partial charge in [0.15, 0.2) is 0 Å². The molecule has 0 saturated carbocycles. The number of carbonyl (C=O) groups is 4. The van der Waals surface area contributed by atoms with Crippen molar-refractivity contribution in [1.82, 2.24) is 54.5 Å². The lowest BCUT2D eigenvalue weighted by molar-refractivity contribution is -0.136. The summed E-state index contributed by atoms with van der Waals surface area (Å²) in [6.07, 6.45) is 8.06. The van der Waals surface area contributed by atoms with Gasteiger partial charge in [-0.1, -0.05) is 33.8 Å². The van der Waals surface area contributed by atoms with Gasteiger partial charge in [0.05, 0.1) is 73.1 Å². The van der Waals surface area contributed by atoms with Crippen molar-refractivity contribution in [2.45, 2.75) is 103 Å². The largest absolute Gasteiger partial charge is 0.463 e. The number of rotatable bonds is 11. The molecular weight excluding hydrogens is 874 g/mol. The molecule has 4 aliphatic rings. The van der Waals surface area contributed by atoms with Crippen molar-refractivity contribution >= 4 is 34.9 Å². The molecule has 4 amide bonds. The maximum Gasteiger partial charge on any atom is 0.407 e. The maximum atomic E-state index is 16.9. The van der Waals surface area contributed by atoms with E-state index < -0.39 is 36.3 Å². The number of carbonyl (C=O) groups excluding carboxylic acids is 4. The van der Waals surface area contributed by atoms with Crippen LogP contribution in [-0.2, 0) is 32.0 Å². The van der Waals surface area contributed by atoms with E-state index in [1.165, 1.54) is 20.3 Å². The number of ether oxygens (including phenoxy) is 3. The number of nitrogens with zero attached hydrogens (tertiary/aromatic N) is 7. The summed E-state index contributed by atoms with van der Waals surface area (Å²) in [5.41, 5.74) is 5.40. The summed E-state index contributed by atoms with van der Waals surface area (Å²) in [7, 11) is 2.54. The maximum absolute atomic E-state index is 16.9. The van der Waals surface area contributed by atoms with Crippen LogP contribution in [0, 0.1) is 17.7 Å². The fraction of sp³-hybridized carbons (Fsp3) is 0.449. The van der Waals surface area contributed by atoms with E-state index in [0.29, 0.717) is 59.4 Å². The van der Waals surface area contributed by atoms with E-state index in [1.54, 1.807) is 22.2 Å². The minimum absolute atomic E-state index is 0.154. The number of aryl methyl sites for hydroxylation is 1. The molecule has 10 rings (SSSR count). The standard InChI is InChI=1S/C49H56FN11O7/c1-25(2)41(56-48(64)66-5)45(62)59-16-7-10-34(59)43-52-22-31(54-43)27-13-14-33-29(18-27)20-36-40-30(50)19-28(21-38(40)68-47(61(33)36)37-24-51-39-12-9-15-58(37)39)32-23-53-44(55-32)35-11-8-17-60(35)46(63)42(26(3)4)57-49(65)67-6/h13-14,18-26,34-35,41-42,47H,7-12,15-17H2,1-6H3,(H,52,54)(H,53,55)(H,56,64)(H,57,65)/t34-,35-,41?,42?,47?/m0/s1. The van der Waals surface area contributed by atoms with Crippen LogP contribution in [0.2, 0.25) is 0 Å². The second kappa shape index (κ2) is 17.8. The van der Waals surface area contributed by atoms with Crippen molar-refractivity contribution in [3.63, 3.8) is 0 Å². The van der Waals surface area contributed by atoms with Crippen LogP contribution in [0.1, 0.15) is 101 Å². The number of aromatic nitrogens is 7. The van der Waals surface area contributed by atoms with Crippen molar-refractivity contribution in [1.29, 1.82) is 0 Å². The van der Waals surface area contributed by atoms with E-state index >= 15 is 4.39 Å². The first-order chi connectivity index (χ1) is 32.8. The summed E-state index contributed by atoms with van der Waals surface area (Å²) in [6.45, 7) is 9.35. The molecule has 0 spiro atoms. The molecule has 356 valence electrons. The van der Waals surface area contributed by atoms with Gasteiger partial charge in [-0.05, 0) is 74.3 Å². The predicted octanol–water partition coefficient (Wildman–Crippen LogP) is 7.40. The average molecular weight is 930 g/mol. The monoisotopic (exact) mass is 929 g/mol. The van der Waals surface area contributed by atoms with E-state index in [9.17, 15) is 19.2 Å². The zero-order valence-corrected chi connectivity index (χ0v) is 39.0. The fourth-order valence-electron chi connectivity index (χ4n) is 10.5. The Labute approximate surface area is 391 Å². The number of hydrogen-bond acceptors (Lipinski definition) is 10. The van der Waals surface area contributed by atoms with Crippen molar-refractivity contribution in [2.75, 3.05) is 27.3 Å². The Morgan fingerprint density at radius 1 is 0.750 bits per heavy atom. The molecule has 6 aromatic rings. The van der Waals surface area contributed by atoms with E-state index in [-0.39, 0.29) is 35.7 Å². The van der Waals surface area contributed by atoms with Gasteiger partial charge in [-0.2, -0.15) is 0 Å². The van der Waals surface area contributed by atoms with Crippen LogP contribution < -0.4 is 15.4 Å². The molecule has 0 radical (unpaired) electrons. The number of halogens is 1. The summed E-state index contributed by atoms with van der Waals surface area (Å²) < 4.78 is 37.7. The van der Waals surface area contributed by atoms with E-state index in [4.69, 9.17) is 29.2 Å². The molecule has 3 unspecified atom stereocenters. The number of likely N-dealkylation sites (tertiary alicyclic amines) is 2. The molecule has 18 nitrogen and oxygen atoms in total. The smallest absolute Gasteiger partial charge is 0.407 e. The number of amides is 4. The third kappa shape index (κ3) is 7.80. The second-order valence-electron chi connectivity index (χ2n) is 18.8. The minimum Gasteiger partial charge on any atom is -0.463 e. The molecular formula is C49H56FN11O7. The second-order valence-corrected chi connectivity index (χ2v) is 18.8. The molecule has 8 heterocycles. The number of imidazole rings is 3. The highest BCUT2D eigenvalue weighted by molar-refractivity contribution is 5.93. The fourth-order valence-corrected chi connectivity index (χ4v) is 10.5. The predicted molar refractivity (Wildman–Crippen MR) is 248 cm³/mol. The summed E-state index contributed by atoms with van der Waals surface area (Å²) in [5, 5.41) is 6.25. The first kappa shape index (κ1) is 44.6. The summed E-state index contributed by atoms with van der Waals surface area (Å²) in [4.78, 5) is 76.5. The van der Waals surface area contributed by atoms with Crippen molar-refractivity contribution in [3.8, 4) is 39.5 Å². The van der Waals surface area contributed by atoms with Crippen LogP contribution in [0.15, 0.2) is 55.0 Å². The van der Waals surface area contributed by atoms with E-state index in [2.05, 4.69) is 25.2 Å². The summed E-state index contributed by atoms with van der Waals surface area (Å²) >= 11 is 0. The number of alkyl carbamates (subject to hydrolysis) is 2. The molecule has 0 bridgehead atoms. The highest BCUT2D eigenvalue weighted by Gasteiger charge is 2.40. The zero-order valence-electron chi connectivity index (χ0n) is 39.0. The Balaban J connectivity index is 0.970. The Hall–Kier alpha value is -7.18. The van der Waals surface area contributed by atoms with E-state index in [1.807, 2.05) is 68.8 Å². The highest BCUT2D eigenvalue weighted by Crippen LogP contribution is 2.48. The van der Waals surface area contributed by atoms with Gasteiger partial charge < -0.3 is 49.2 Å². The van der Waals surface area contributed by atoms with Gasteiger partial charge in [0.2, 0.25) is 18.0 Å². The molecule has 4 aromatic heterocycles. The number of fused-ring (bicyclic) bond motifs is 6. The van der Waals surface area contributed by atoms with Gasteiger partial charge in [0, 0.05) is 42.6 Å². The van der Waals surface area contributed by atoms with Gasteiger partial charge in [0.1, 0.15) is 46.8 Å². The van der Waals surface area contributed by atoms with Gasteiger partial charge in [-0.25, -0.2) is 28.9 Å². The molecule has 4 aliphatic heterocycles. The SMILES string of the molecule is COC(=O)NC(C(=O)N1CCC[C@H]1c1ncc(-c2cc(F)c3c(c2)OC(c2cnc4n2CCC4)n2c-3cc3cc(-c4cnc([C@@H]5CCCN5C(=O)C(NC(=O)OC)C(C)C)[nH]4)ccc32)[nH]1)C(C)C. The molecule has 2 aromatic carbocycles. The number of methoxy groups -OCH3 is 2. The first-order valence-electron chi connectivity index (χ1n) is 23.4. The minimum atomic E-state index is -0.774. The van der Waals surface area contributed by atoms with Gasteiger partial charge in [-0.3, -0.25) is 14.2 Å². The van der Waals surface area contributed by atoms with Crippen LogP contribution in [-0.4, -0.2) is 107 Å². The lowest BCUT2D eigenvalue weighted by atomic mass is 10.0. The van der Waals surface area contributed by atoms with Crippen LogP contribution >= 0.6 is 0 Å². The van der Waals surface area contributed by atoms with Crippen molar-refractivity contribution in [3.05, 3.63) is 84.0 Å². The quantitative estimate of drug-likeness (QED) is 0.101. The van der Waals surface area contributed by atoms with Crippen molar-refractivity contribution in [2.24, 2.45) is 11.8 Å². The van der Waals surface area contributed by atoms with Crippen LogP contribution in [0.4, 0.5) is 14.0 Å². The molecule has 68 heavy (non-hydrogen) atoms. The number of H-pyrrole nitrogens is 2. The van der Waals surface area contributed by atoms with Gasteiger partial charge in [0.25, 0.3) is 0 Å². The lowest BCUT2D eigenvalue weighted by Crippen LogP contribution is -2.51. The average Bonchev–Trinajstić information content (AvgIpc) is 4.18. The number of nitrogens with one attached hydrogen (secondary N) is 4. The van der Waals surface area contributed by atoms with Gasteiger partial charge >= 0.3 is 12.2 Å². The first-order valence-corrected chi connectivity index (χ1v) is 23.4. The van der Waals surface area contributed by atoms with Crippen LogP contribution in [0.3, 0.4) is 0 Å². The topological polar surface area (TPSA) is 207 Å². The Morgan fingerprint density at radius 3 is 1.94 bits per heavy atom. The Morgan fingerprint density at radius 2 is 1.35 bits per heavy atom. The number of aromatic amines is 2. The van der Waals surface area contributed by atoms with Crippen LogP contribution in [0.5, 0.6) is 5.75 Å². The van der Waals surface area contributed by atoms with Gasteiger partial charge in [-0.15, -0.1) is 0 Å².